The number of nitrogens with one attached hydrogen (secondary N) is 1. The number of hydrogen-bond acceptors (Lipinski definition) is 4. The van der Waals surface area contributed by atoms with Gasteiger partial charge in [-0.1, -0.05) is 0 Å². The first-order valence-corrected chi connectivity index (χ1v) is 8.27. The summed E-state index contributed by atoms with van der Waals surface area (Å²) in [7, 11) is 0. The summed E-state index contributed by atoms with van der Waals surface area (Å²) < 4.78 is 1.47. The molecular weight excluding hydrogens is 308 g/mol. The number of aryl methyl sites for hydroxylation is 2. The first-order valence-electron chi connectivity index (χ1n) is 7.33. The summed E-state index contributed by atoms with van der Waals surface area (Å²) in [4.78, 5) is 21.0. The zero-order valence-corrected chi connectivity index (χ0v) is 13.1. The summed E-state index contributed by atoms with van der Waals surface area (Å²) in [5, 5.41) is 7.27. The van der Waals surface area contributed by atoms with Gasteiger partial charge in [0.25, 0.3) is 5.56 Å². The lowest BCUT2D eigenvalue weighted by Gasteiger charge is -2.00. The molecule has 4 aromatic rings. The fourth-order valence-electron chi connectivity index (χ4n) is 2.55. The molecule has 0 aliphatic heterocycles. The number of hydrogen-bond donors (Lipinski definition) is 1. The van der Waals surface area contributed by atoms with Gasteiger partial charge in [-0.05, 0) is 47.4 Å². The van der Waals surface area contributed by atoms with Crippen LogP contribution in [0.25, 0.3) is 16.9 Å². The molecule has 23 heavy (non-hydrogen) atoms. The van der Waals surface area contributed by atoms with Gasteiger partial charge in [-0.25, -0.2) is 9.50 Å². The molecule has 0 unspecified atom stereocenters. The predicted octanol–water partition coefficient (Wildman–Crippen LogP) is 2.93. The molecule has 0 aromatic carbocycles. The fraction of sp³-hybridized carbons (Fsp3) is 0.118. The predicted molar refractivity (Wildman–Crippen MR) is 90.8 cm³/mol. The van der Waals surface area contributed by atoms with E-state index in [0.717, 1.165) is 29.8 Å². The van der Waals surface area contributed by atoms with E-state index in [1.807, 2.05) is 18.2 Å². The van der Waals surface area contributed by atoms with Crippen molar-refractivity contribution in [2.24, 2.45) is 0 Å². The van der Waals surface area contributed by atoms with Crippen molar-refractivity contribution >= 4 is 17.0 Å². The Bertz CT molecular complexity index is 987. The van der Waals surface area contributed by atoms with Crippen molar-refractivity contribution in [1.82, 2.24) is 19.6 Å². The smallest absolute Gasteiger partial charge is 0.272 e. The minimum absolute atomic E-state index is 0.0922. The minimum Gasteiger partial charge on any atom is -0.289 e. The van der Waals surface area contributed by atoms with E-state index in [1.54, 1.807) is 29.8 Å². The lowest BCUT2D eigenvalue weighted by molar-refractivity contribution is 0.855. The standard InChI is InChI=1S/C17H14N4OS/c22-17-8-14(4-3-12-5-7-23-11-12)19-16-9-15(20-21(16)17)13-2-1-6-18-10-13/h1-2,5-11,20H,3-4H2. The van der Waals surface area contributed by atoms with Crippen LogP contribution in [0.3, 0.4) is 0 Å². The molecule has 0 saturated carbocycles. The van der Waals surface area contributed by atoms with Crippen LogP contribution in [0, 0.1) is 0 Å². The molecule has 0 radical (unpaired) electrons. The quantitative estimate of drug-likeness (QED) is 0.628. The topological polar surface area (TPSA) is 63.0 Å². The Morgan fingerprint density at radius 1 is 1.22 bits per heavy atom. The van der Waals surface area contributed by atoms with E-state index in [4.69, 9.17) is 0 Å². The normalized spacial score (nSPS) is 11.1. The second-order valence-corrected chi connectivity index (χ2v) is 6.10. The molecule has 0 aliphatic rings. The van der Waals surface area contributed by atoms with E-state index >= 15 is 0 Å². The van der Waals surface area contributed by atoms with E-state index in [2.05, 4.69) is 31.9 Å². The van der Waals surface area contributed by atoms with E-state index in [9.17, 15) is 4.79 Å². The van der Waals surface area contributed by atoms with Crippen LogP contribution in [0.5, 0.6) is 0 Å². The molecule has 1 N–H and O–H groups in total. The number of thiophene rings is 1. The van der Waals surface area contributed by atoms with Gasteiger partial charge in [0, 0.05) is 35.8 Å². The molecule has 6 heteroatoms. The fourth-order valence-corrected chi connectivity index (χ4v) is 3.25. The number of pyridine rings is 1. The molecule has 4 rings (SSSR count). The molecule has 0 amide bonds. The summed E-state index contributed by atoms with van der Waals surface area (Å²) in [6.07, 6.45) is 5.13. The second-order valence-electron chi connectivity index (χ2n) is 5.32. The van der Waals surface area contributed by atoms with Gasteiger partial charge in [0.1, 0.15) is 0 Å². The molecule has 0 atom stereocenters. The second kappa shape index (κ2) is 5.81. The highest BCUT2D eigenvalue weighted by molar-refractivity contribution is 7.07. The van der Waals surface area contributed by atoms with Crippen molar-refractivity contribution in [2.45, 2.75) is 12.8 Å². The molecule has 4 aromatic heterocycles. The SMILES string of the molecule is O=c1cc(CCc2ccsc2)nc2cc(-c3cccnc3)[nH]n12. The van der Waals surface area contributed by atoms with Gasteiger partial charge in [-0.2, -0.15) is 11.3 Å². The summed E-state index contributed by atoms with van der Waals surface area (Å²) in [6.45, 7) is 0. The van der Waals surface area contributed by atoms with Crippen molar-refractivity contribution in [3.05, 3.63) is 75.1 Å². The number of H-pyrrole nitrogens is 1. The Morgan fingerprint density at radius 3 is 2.96 bits per heavy atom. The van der Waals surface area contributed by atoms with Crippen molar-refractivity contribution in [2.75, 3.05) is 0 Å². The lowest BCUT2D eigenvalue weighted by Crippen LogP contribution is -2.15. The third kappa shape index (κ3) is 2.80. The number of nitrogens with zero attached hydrogens (tertiary/aromatic N) is 3. The number of aromatic amines is 1. The van der Waals surface area contributed by atoms with Gasteiger partial charge in [-0.15, -0.1) is 0 Å². The summed E-state index contributed by atoms with van der Waals surface area (Å²) in [6, 6.07) is 9.39. The molecular formula is C17H14N4OS. The van der Waals surface area contributed by atoms with Gasteiger partial charge in [-0.3, -0.25) is 14.9 Å². The van der Waals surface area contributed by atoms with Gasteiger partial charge in [0.15, 0.2) is 5.65 Å². The average Bonchev–Trinajstić information content (AvgIpc) is 3.23. The average molecular weight is 322 g/mol. The summed E-state index contributed by atoms with van der Waals surface area (Å²) >= 11 is 1.68. The molecule has 0 bridgehead atoms. The third-order valence-electron chi connectivity index (χ3n) is 3.73. The molecule has 114 valence electrons. The minimum atomic E-state index is -0.0922. The zero-order valence-electron chi connectivity index (χ0n) is 12.3. The zero-order chi connectivity index (χ0) is 15.6. The number of aromatic nitrogens is 4. The highest BCUT2D eigenvalue weighted by Gasteiger charge is 2.08. The van der Waals surface area contributed by atoms with Crippen molar-refractivity contribution < 1.29 is 0 Å². The van der Waals surface area contributed by atoms with Crippen LogP contribution in [0.4, 0.5) is 0 Å². The molecule has 0 aliphatic carbocycles. The largest absolute Gasteiger partial charge is 0.289 e. The first-order chi connectivity index (χ1) is 11.3. The van der Waals surface area contributed by atoms with Crippen LogP contribution in [0.15, 0.2) is 58.3 Å². The maximum atomic E-state index is 12.3. The molecule has 4 heterocycles. The van der Waals surface area contributed by atoms with Gasteiger partial charge >= 0.3 is 0 Å². The monoisotopic (exact) mass is 322 g/mol. The highest BCUT2D eigenvalue weighted by atomic mass is 32.1. The van der Waals surface area contributed by atoms with Crippen molar-refractivity contribution in [3.63, 3.8) is 0 Å². The Morgan fingerprint density at radius 2 is 2.17 bits per heavy atom. The van der Waals surface area contributed by atoms with E-state index < -0.39 is 0 Å². The van der Waals surface area contributed by atoms with Crippen LogP contribution >= 0.6 is 11.3 Å². The number of rotatable bonds is 4. The van der Waals surface area contributed by atoms with Crippen LogP contribution in [0.2, 0.25) is 0 Å². The molecule has 5 nitrogen and oxygen atoms in total. The first kappa shape index (κ1) is 13.9. The Hall–Kier alpha value is -2.73. The van der Waals surface area contributed by atoms with Crippen LogP contribution in [-0.2, 0) is 12.8 Å². The van der Waals surface area contributed by atoms with Crippen molar-refractivity contribution in [1.29, 1.82) is 0 Å². The Kier molecular flexibility index (Phi) is 3.51. The van der Waals surface area contributed by atoms with Gasteiger partial charge in [0.05, 0.1) is 5.69 Å². The van der Waals surface area contributed by atoms with Crippen LogP contribution in [0.1, 0.15) is 11.3 Å². The number of fused-ring (bicyclic) bond motifs is 1. The Labute approximate surface area is 136 Å². The van der Waals surface area contributed by atoms with Crippen molar-refractivity contribution in [3.8, 4) is 11.3 Å². The van der Waals surface area contributed by atoms with E-state index in [0.29, 0.717) is 5.65 Å². The highest BCUT2D eigenvalue weighted by Crippen LogP contribution is 2.17. The molecule has 0 spiro atoms. The molecule has 0 fully saturated rings. The maximum absolute atomic E-state index is 12.3. The van der Waals surface area contributed by atoms with E-state index in [-0.39, 0.29) is 5.56 Å². The Balaban J connectivity index is 1.68. The van der Waals surface area contributed by atoms with Crippen LogP contribution < -0.4 is 5.56 Å². The lowest BCUT2D eigenvalue weighted by atomic mass is 10.1. The van der Waals surface area contributed by atoms with Gasteiger partial charge < -0.3 is 0 Å². The summed E-state index contributed by atoms with van der Waals surface area (Å²) in [5.41, 5.74) is 4.40. The summed E-state index contributed by atoms with van der Waals surface area (Å²) in [5.74, 6) is 0. The molecule has 0 saturated heterocycles. The third-order valence-corrected chi connectivity index (χ3v) is 4.46. The van der Waals surface area contributed by atoms with Gasteiger partial charge in [0.2, 0.25) is 0 Å². The van der Waals surface area contributed by atoms with E-state index in [1.165, 1.54) is 10.1 Å². The maximum Gasteiger partial charge on any atom is 0.272 e. The van der Waals surface area contributed by atoms with Crippen LogP contribution in [-0.4, -0.2) is 19.6 Å².